The van der Waals surface area contributed by atoms with Crippen LogP contribution in [0.3, 0.4) is 0 Å². The molecule has 2 aliphatic heterocycles. The highest BCUT2D eigenvalue weighted by Gasteiger charge is 2.49. The summed E-state index contributed by atoms with van der Waals surface area (Å²) < 4.78 is 28.1. The first kappa shape index (κ1) is 35.6. The first-order valence-corrected chi connectivity index (χ1v) is 16.5. The van der Waals surface area contributed by atoms with Crippen LogP contribution >= 0.6 is 34.5 Å². The molecule has 0 N–H and O–H groups in total. The van der Waals surface area contributed by atoms with Gasteiger partial charge < -0.3 is 28.6 Å². The number of piperazine rings is 1. The predicted molar refractivity (Wildman–Crippen MR) is 176 cm³/mol. The SMILES string of the molecule is COC(=O)CC1C(c2cnc(OCCOc3c(Cl)cc(C)cc3Cl)s2)=CC2CN(C(=O)OC(C)(C)C)CC1N2C(=O)OC(C)(C)C. The summed E-state index contributed by atoms with van der Waals surface area (Å²) in [4.78, 5) is 47.9. The minimum atomic E-state index is -0.748. The highest BCUT2D eigenvalue weighted by molar-refractivity contribution is 7.14. The molecule has 14 heteroatoms. The molecule has 4 rings (SSSR count). The fraction of sp³-hybridized carbons (Fsp3) is 0.562. The van der Waals surface area contributed by atoms with Crippen LogP contribution in [0.25, 0.3) is 5.57 Å². The number of hydrogen-bond donors (Lipinski definition) is 0. The van der Waals surface area contributed by atoms with Gasteiger partial charge in [0.2, 0.25) is 0 Å². The molecule has 1 aromatic carbocycles. The molecule has 3 atom stereocenters. The maximum absolute atomic E-state index is 13.6. The van der Waals surface area contributed by atoms with Crippen molar-refractivity contribution in [2.45, 2.75) is 78.2 Å². The highest BCUT2D eigenvalue weighted by atomic mass is 35.5. The minimum Gasteiger partial charge on any atom is -0.487 e. The van der Waals surface area contributed by atoms with Gasteiger partial charge in [-0.1, -0.05) is 40.6 Å². The number of esters is 1. The number of thiazole rings is 1. The van der Waals surface area contributed by atoms with Crippen molar-refractivity contribution in [2.24, 2.45) is 5.92 Å². The van der Waals surface area contributed by atoms with Gasteiger partial charge in [-0.2, -0.15) is 0 Å². The predicted octanol–water partition coefficient (Wildman–Crippen LogP) is 7.02. The number of nitrogens with zero attached hydrogens (tertiary/aromatic N) is 3. The van der Waals surface area contributed by atoms with Gasteiger partial charge in [-0.15, -0.1) is 0 Å². The van der Waals surface area contributed by atoms with Crippen LogP contribution in [0.4, 0.5) is 9.59 Å². The van der Waals surface area contributed by atoms with Crippen LogP contribution in [0.2, 0.25) is 10.0 Å². The molecule has 46 heavy (non-hydrogen) atoms. The second-order valence-corrected chi connectivity index (χ2v) is 15.0. The maximum Gasteiger partial charge on any atom is 0.411 e. The second-order valence-electron chi connectivity index (χ2n) is 13.2. The molecular formula is C32H41Cl2N3O8S. The maximum atomic E-state index is 13.6. The molecule has 2 amide bonds. The van der Waals surface area contributed by atoms with Crippen LogP contribution in [-0.2, 0) is 19.0 Å². The zero-order chi connectivity index (χ0) is 34.0. The van der Waals surface area contributed by atoms with E-state index in [0.29, 0.717) is 21.0 Å². The molecule has 0 aliphatic carbocycles. The monoisotopic (exact) mass is 697 g/mol. The van der Waals surface area contributed by atoms with E-state index in [4.69, 9.17) is 46.9 Å². The standard InChI is InChI=1S/C32H41Cl2N3O8S/c1-18-11-22(33)27(23(34)12-18)42-9-10-43-28-35-15-25(46-28)21-13-19-16-36(29(39)44-31(2,3)4)17-24(20(21)14-26(38)41-8)37(19)30(40)45-32(5,6)7/h11-13,15,19-20,24H,9-10,14,16-17H2,1-8H3. The molecule has 0 spiro atoms. The Kier molecular flexibility index (Phi) is 11.1. The van der Waals surface area contributed by atoms with E-state index in [1.165, 1.54) is 18.4 Å². The lowest BCUT2D eigenvalue weighted by Gasteiger charge is -2.51. The zero-order valence-corrected chi connectivity index (χ0v) is 29.7. The number of methoxy groups -OCH3 is 1. The van der Waals surface area contributed by atoms with Crippen molar-refractivity contribution < 1.29 is 38.1 Å². The molecule has 2 aliphatic rings. The normalized spacial score (nSPS) is 19.7. The van der Waals surface area contributed by atoms with E-state index in [1.54, 1.807) is 69.7 Å². The fourth-order valence-electron chi connectivity index (χ4n) is 5.33. The summed E-state index contributed by atoms with van der Waals surface area (Å²) in [6.45, 7) is 13.3. The Bertz CT molecular complexity index is 1460. The van der Waals surface area contributed by atoms with Crippen LogP contribution < -0.4 is 9.47 Å². The van der Waals surface area contributed by atoms with Gasteiger partial charge in [0, 0.05) is 25.2 Å². The van der Waals surface area contributed by atoms with E-state index in [1.807, 2.05) is 13.0 Å². The van der Waals surface area contributed by atoms with Gasteiger partial charge in [0.05, 0.1) is 40.5 Å². The Labute approximate surface area is 283 Å². The number of ether oxygens (including phenoxy) is 5. The topological polar surface area (TPSA) is 117 Å². The molecule has 3 heterocycles. The van der Waals surface area contributed by atoms with Crippen LogP contribution in [0, 0.1) is 12.8 Å². The van der Waals surface area contributed by atoms with Gasteiger partial charge in [-0.05, 0) is 71.7 Å². The number of rotatable bonds is 8. The second kappa shape index (κ2) is 14.3. The molecule has 0 saturated carbocycles. The number of hydrogen-bond acceptors (Lipinski definition) is 10. The van der Waals surface area contributed by atoms with Crippen molar-refractivity contribution in [1.29, 1.82) is 0 Å². The molecule has 1 fully saturated rings. The van der Waals surface area contributed by atoms with E-state index < -0.39 is 47.4 Å². The number of aryl methyl sites for hydroxylation is 1. The average molecular weight is 699 g/mol. The molecule has 0 radical (unpaired) electrons. The smallest absolute Gasteiger partial charge is 0.411 e. The summed E-state index contributed by atoms with van der Waals surface area (Å²) in [5.41, 5.74) is 0.282. The van der Waals surface area contributed by atoms with Crippen LogP contribution in [0.1, 0.15) is 58.4 Å². The number of aromatic nitrogens is 1. The molecule has 2 bridgehead atoms. The summed E-state index contributed by atoms with van der Waals surface area (Å²) >= 11 is 13.9. The molecule has 11 nitrogen and oxygen atoms in total. The number of benzene rings is 1. The third kappa shape index (κ3) is 8.98. The van der Waals surface area contributed by atoms with Gasteiger partial charge in [0.15, 0.2) is 5.75 Å². The molecule has 2 aromatic rings. The Morgan fingerprint density at radius 3 is 2.17 bits per heavy atom. The summed E-state index contributed by atoms with van der Waals surface area (Å²) in [6, 6.07) is 2.38. The number of carbonyl (C=O) groups is 3. The fourth-order valence-corrected chi connectivity index (χ4v) is 6.91. The van der Waals surface area contributed by atoms with Gasteiger partial charge in [-0.3, -0.25) is 9.69 Å². The average Bonchev–Trinajstić information content (AvgIpc) is 3.39. The summed E-state index contributed by atoms with van der Waals surface area (Å²) in [5.74, 6) is -0.611. The number of halogens is 2. The van der Waals surface area contributed by atoms with Crippen molar-refractivity contribution in [3.05, 3.63) is 44.9 Å². The quantitative estimate of drug-likeness (QED) is 0.163. The van der Waals surface area contributed by atoms with Crippen LogP contribution in [0.5, 0.6) is 10.9 Å². The molecular weight excluding hydrogens is 657 g/mol. The summed E-state index contributed by atoms with van der Waals surface area (Å²) in [5, 5.41) is 1.23. The number of carbonyl (C=O) groups excluding carboxylic acids is 3. The lowest BCUT2D eigenvalue weighted by atomic mass is 9.79. The van der Waals surface area contributed by atoms with E-state index in [2.05, 4.69) is 4.98 Å². The Morgan fingerprint density at radius 1 is 0.957 bits per heavy atom. The third-order valence-electron chi connectivity index (χ3n) is 7.10. The van der Waals surface area contributed by atoms with Crippen LogP contribution in [0.15, 0.2) is 24.4 Å². The van der Waals surface area contributed by atoms with Gasteiger partial charge in [0.1, 0.15) is 24.4 Å². The van der Waals surface area contributed by atoms with Gasteiger partial charge >= 0.3 is 18.2 Å². The molecule has 1 saturated heterocycles. The van der Waals surface area contributed by atoms with Crippen molar-refractivity contribution >= 4 is 58.3 Å². The molecule has 3 unspecified atom stereocenters. The van der Waals surface area contributed by atoms with E-state index in [0.717, 1.165) is 16.0 Å². The highest BCUT2D eigenvalue weighted by Crippen LogP contribution is 2.43. The molecule has 1 aromatic heterocycles. The van der Waals surface area contributed by atoms with Crippen molar-refractivity contribution in [3.8, 4) is 10.9 Å². The third-order valence-corrected chi connectivity index (χ3v) is 8.62. The van der Waals surface area contributed by atoms with Crippen molar-refractivity contribution in [1.82, 2.24) is 14.8 Å². The Hall–Kier alpha value is -3.22. The number of fused-ring (bicyclic) bond motifs is 2. The largest absolute Gasteiger partial charge is 0.487 e. The number of amides is 2. The van der Waals surface area contributed by atoms with Crippen molar-refractivity contribution in [2.75, 3.05) is 33.4 Å². The zero-order valence-electron chi connectivity index (χ0n) is 27.3. The lowest BCUT2D eigenvalue weighted by molar-refractivity contribution is -0.142. The summed E-state index contributed by atoms with van der Waals surface area (Å²) in [7, 11) is 1.31. The van der Waals surface area contributed by atoms with Gasteiger partial charge in [-0.25, -0.2) is 14.6 Å². The van der Waals surface area contributed by atoms with Crippen molar-refractivity contribution in [3.63, 3.8) is 0 Å². The Balaban J connectivity index is 1.59. The van der Waals surface area contributed by atoms with E-state index in [-0.39, 0.29) is 32.7 Å². The first-order valence-electron chi connectivity index (χ1n) is 14.9. The van der Waals surface area contributed by atoms with Gasteiger partial charge in [0.25, 0.3) is 5.19 Å². The van der Waals surface area contributed by atoms with E-state index in [9.17, 15) is 14.4 Å². The minimum absolute atomic E-state index is 0.0405. The van der Waals surface area contributed by atoms with Crippen LogP contribution in [-0.4, -0.2) is 89.6 Å². The Morgan fingerprint density at radius 2 is 1.57 bits per heavy atom. The lowest BCUT2D eigenvalue weighted by Crippen LogP contribution is -2.66. The summed E-state index contributed by atoms with van der Waals surface area (Å²) in [6.07, 6.45) is 2.51. The first-order chi connectivity index (χ1) is 21.5. The molecule has 252 valence electrons. The van der Waals surface area contributed by atoms with E-state index >= 15 is 0 Å².